The van der Waals surface area contributed by atoms with Crippen LogP contribution in [0.3, 0.4) is 0 Å². The van der Waals surface area contributed by atoms with Gasteiger partial charge < -0.3 is 29.1 Å². The average Bonchev–Trinajstić information content (AvgIpc) is 2.84. The first-order valence-electron chi connectivity index (χ1n) is 12.5. The molecule has 3 aliphatic rings. The van der Waals surface area contributed by atoms with Crippen LogP contribution in [0.5, 0.6) is 5.75 Å². The molecule has 0 radical (unpaired) electrons. The third kappa shape index (κ3) is 5.87. The van der Waals surface area contributed by atoms with Crippen LogP contribution in [0, 0.1) is 0 Å². The number of rotatable bonds is 6. The Kier molecular flexibility index (Phi) is 8.14. The molecule has 0 saturated carbocycles. The smallest absolute Gasteiger partial charge is 0.320 e. The number of carbonyl (C=O) groups excluding carboxylic acids is 1. The van der Waals surface area contributed by atoms with E-state index in [9.17, 15) is 4.79 Å². The monoisotopic (exact) mass is 444 g/mol. The van der Waals surface area contributed by atoms with Gasteiger partial charge in [0.2, 0.25) is 0 Å². The van der Waals surface area contributed by atoms with Gasteiger partial charge >= 0.3 is 6.03 Å². The summed E-state index contributed by atoms with van der Waals surface area (Å²) >= 11 is 0. The Morgan fingerprint density at radius 1 is 0.969 bits per heavy atom. The lowest BCUT2D eigenvalue weighted by Gasteiger charge is -2.47. The van der Waals surface area contributed by atoms with E-state index in [2.05, 4.69) is 47.9 Å². The number of hydrogen-bond donors (Lipinski definition) is 0. The van der Waals surface area contributed by atoms with Crippen molar-refractivity contribution in [1.29, 1.82) is 0 Å². The second-order valence-corrected chi connectivity index (χ2v) is 9.48. The van der Waals surface area contributed by atoms with Gasteiger partial charge in [-0.25, -0.2) is 4.79 Å². The summed E-state index contributed by atoms with van der Waals surface area (Å²) in [4.78, 5) is 21.9. The molecule has 3 heterocycles. The van der Waals surface area contributed by atoms with E-state index in [-0.39, 0.29) is 18.1 Å². The number of piperazine rings is 1. The second kappa shape index (κ2) is 11.2. The molecule has 32 heavy (non-hydrogen) atoms. The maximum atomic E-state index is 13.0. The third-order valence-corrected chi connectivity index (χ3v) is 7.02. The number of nitrogens with zero attached hydrogens (tertiary/aromatic N) is 4. The number of ether oxygens (including phenoxy) is 2. The van der Waals surface area contributed by atoms with Gasteiger partial charge in [-0.05, 0) is 70.5 Å². The summed E-state index contributed by atoms with van der Waals surface area (Å²) in [7, 11) is 0. The molecular formula is C25H40N4O3. The summed E-state index contributed by atoms with van der Waals surface area (Å²) in [6, 6.07) is 9.07. The quantitative estimate of drug-likeness (QED) is 0.630. The molecular weight excluding hydrogens is 404 g/mol. The number of urea groups is 1. The van der Waals surface area contributed by atoms with Crippen LogP contribution in [0.4, 0.5) is 10.5 Å². The van der Waals surface area contributed by atoms with Crippen molar-refractivity contribution < 1.29 is 14.3 Å². The highest BCUT2D eigenvalue weighted by Crippen LogP contribution is 2.26. The van der Waals surface area contributed by atoms with Gasteiger partial charge in [-0.3, -0.25) is 0 Å². The lowest BCUT2D eigenvalue weighted by molar-refractivity contribution is 0.0374. The number of benzene rings is 1. The number of carbonyl (C=O) groups is 1. The molecule has 0 N–H and O–H groups in total. The molecule has 0 aliphatic carbocycles. The molecule has 1 aromatic carbocycles. The molecule has 0 spiro atoms. The SMILES string of the molecule is CC1CN(c2ccc(OCCCN3CCCCC3)cc2)[C@H](C)CN1C(=O)N1CCOCC1. The van der Waals surface area contributed by atoms with E-state index in [1.165, 1.54) is 38.0 Å². The Morgan fingerprint density at radius 2 is 1.69 bits per heavy atom. The number of likely N-dealkylation sites (tertiary alicyclic amines) is 1. The van der Waals surface area contributed by atoms with E-state index < -0.39 is 0 Å². The van der Waals surface area contributed by atoms with Crippen molar-refractivity contribution in [3.63, 3.8) is 0 Å². The predicted octanol–water partition coefficient (Wildman–Crippen LogP) is 3.29. The van der Waals surface area contributed by atoms with Gasteiger partial charge in [-0.2, -0.15) is 0 Å². The molecule has 2 amide bonds. The fourth-order valence-corrected chi connectivity index (χ4v) is 5.08. The third-order valence-electron chi connectivity index (χ3n) is 7.02. The Morgan fingerprint density at radius 3 is 2.41 bits per heavy atom. The zero-order valence-electron chi connectivity index (χ0n) is 19.9. The fraction of sp³-hybridized carbons (Fsp3) is 0.720. The van der Waals surface area contributed by atoms with Crippen molar-refractivity contribution in [3.05, 3.63) is 24.3 Å². The van der Waals surface area contributed by atoms with E-state index in [4.69, 9.17) is 9.47 Å². The lowest BCUT2D eigenvalue weighted by atomic mass is 10.1. The topological polar surface area (TPSA) is 48.5 Å². The summed E-state index contributed by atoms with van der Waals surface area (Å²) in [5, 5.41) is 0. The Bertz CT molecular complexity index is 716. The number of morpholine rings is 1. The maximum Gasteiger partial charge on any atom is 0.320 e. The van der Waals surface area contributed by atoms with Crippen molar-refractivity contribution in [2.45, 2.75) is 51.6 Å². The molecule has 1 unspecified atom stereocenters. The molecule has 7 heteroatoms. The molecule has 3 fully saturated rings. The number of amides is 2. The summed E-state index contributed by atoms with van der Waals surface area (Å²) < 4.78 is 11.4. The predicted molar refractivity (Wildman–Crippen MR) is 128 cm³/mol. The first kappa shape index (κ1) is 23.2. The molecule has 2 atom stereocenters. The maximum absolute atomic E-state index is 13.0. The summed E-state index contributed by atoms with van der Waals surface area (Å²) in [6.07, 6.45) is 5.15. The standard InChI is InChI=1S/C25H40N4O3/c1-21-20-29(25(30)27-14-17-31-18-15-27)22(2)19-28(21)23-7-9-24(10-8-23)32-16-6-13-26-11-4-3-5-12-26/h7-10,21-22H,3-6,11-20H2,1-2H3/t21-,22?/m1/s1. The summed E-state index contributed by atoms with van der Waals surface area (Å²) in [6.45, 7) is 13.0. The van der Waals surface area contributed by atoms with Crippen molar-refractivity contribution in [1.82, 2.24) is 14.7 Å². The van der Waals surface area contributed by atoms with Crippen molar-refractivity contribution in [2.24, 2.45) is 0 Å². The highest BCUT2D eigenvalue weighted by molar-refractivity contribution is 5.75. The van der Waals surface area contributed by atoms with Crippen LogP contribution >= 0.6 is 0 Å². The van der Waals surface area contributed by atoms with Gasteiger partial charge in [0.25, 0.3) is 0 Å². The Labute approximate surface area is 193 Å². The molecule has 0 bridgehead atoms. The molecule has 3 aliphatic heterocycles. The lowest BCUT2D eigenvalue weighted by Crippen LogP contribution is -2.61. The van der Waals surface area contributed by atoms with Crippen LogP contribution in [0.2, 0.25) is 0 Å². The molecule has 0 aromatic heterocycles. The van der Waals surface area contributed by atoms with Crippen LogP contribution in [0.1, 0.15) is 39.5 Å². The number of hydrogen-bond acceptors (Lipinski definition) is 5. The first-order valence-corrected chi connectivity index (χ1v) is 12.5. The summed E-state index contributed by atoms with van der Waals surface area (Å²) in [5.41, 5.74) is 1.20. The minimum absolute atomic E-state index is 0.153. The Balaban J connectivity index is 1.25. The molecule has 1 aromatic rings. The van der Waals surface area contributed by atoms with Crippen molar-refractivity contribution in [2.75, 3.05) is 70.5 Å². The minimum atomic E-state index is 0.153. The van der Waals surface area contributed by atoms with E-state index in [1.54, 1.807) is 0 Å². The number of piperidine rings is 1. The van der Waals surface area contributed by atoms with Gasteiger partial charge in [0.05, 0.1) is 19.8 Å². The van der Waals surface area contributed by atoms with E-state index >= 15 is 0 Å². The Hall–Kier alpha value is -1.99. The zero-order valence-corrected chi connectivity index (χ0v) is 19.9. The van der Waals surface area contributed by atoms with E-state index in [0.717, 1.165) is 38.4 Å². The van der Waals surface area contributed by atoms with Gasteiger partial charge in [-0.1, -0.05) is 6.42 Å². The second-order valence-electron chi connectivity index (χ2n) is 9.48. The normalized spacial score (nSPS) is 25.1. The van der Waals surface area contributed by atoms with E-state index in [1.807, 2.05) is 9.80 Å². The minimum Gasteiger partial charge on any atom is -0.494 e. The highest BCUT2D eigenvalue weighted by Gasteiger charge is 2.34. The average molecular weight is 445 g/mol. The van der Waals surface area contributed by atoms with Gasteiger partial charge in [-0.15, -0.1) is 0 Å². The fourth-order valence-electron chi connectivity index (χ4n) is 5.08. The largest absolute Gasteiger partial charge is 0.494 e. The van der Waals surface area contributed by atoms with Crippen molar-refractivity contribution >= 4 is 11.7 Å². The van der Waals surface area contributed by atoms with Gasteiger partial charge in [0.15, 0.2) is 0 Å². The molecule has 178 valence electrons. The van der Waals surface area contributed by atoms with Crippen LogP contribution in [0.25, 0.3) is 0 Å². The van der Waals surface area contributed by atoms with E-state index in [0.29, 0.717) is 26.3 Å². The van der Waals surface area contributed by atoms with Gasteiger partial charge in [0.1, 0.15) is 5.75 Å². The van der Waals surface area contributed by atoms with Crippen LogP contribution in [0.15, 0.2) is 24.3 Å². The van der Waals surface area contributed by atoms with Crippen LogP contribution in [-0.2, 0) is 4.74 Å². The number of anilines is 1. The van der Waals surface area contributed by atoms with Crippen LogP contribution < -0.4 is 9.64 Å². The van der Waals surface area contributed by atoms with Crippen molar-refractivity contribution in [3.8, 4) is 5.75 Å². The van der Waals surface area contributed by atoms with Gasteiger partial charge in [0, 0.05) is 50.5 Å². The summed E-state index contributed by atoms with van der Waals surface area (Å²) in [5.74, 6) is 0.939. The molecule has 4 rings (SSSR count). The zero-order chi connectivity index (χ0) is 22.3. The highest BCUT2D eigenvalue weighted by atomic mass is 16.5. The first-order chi connectivity index (χ1) is 15.6. The van der Waals surface area contributed by atoms with Crippen LogP contribution in [-0.4, -0.2) is 98.4 Å². The molecule has 7 nitrogen and oxygen atoms in total. The molecule has 3 saturated heterocycles.